The summed E-state index contributed by atoms with van der Waals surface area (Å²) >= 11 is 0. The monoisotopic (exact) mass is 389 g/mol. The highest BCUT2D eigenvalue weighted by molar-refractivity contribution is 5.94. The minimum Gasteiger partial charge on any atom is -0.348 e. The molecule has 1 N–H and O–H groups in total. The highest BCUT2D eigenvalue weighted by Gasteiger charge is 2.19. The van der Waals surface area contributed by atoms with Crippen LogP contribution in [0.15, 0.2) is 61.2 Å². The average Bonchev–Trinajstić information content (AvgIpc) is 3.40. The van der Waals surface area contributed by atoms with Gasteiger partial charge in [0.05, 0.1) is 6.54 Å². The van der Waals surface area contributed by atoms with Crippen molar-refractivity contribution in [2.75, 3.05) is 6.54 Å². The molecule has 1 fully saturated rings. The number of likely N-dealkylation sites (tertiary alicyclic amines) is 1. The third kappa shape index (κ3) is 4.87. The minimum atomic E-state index is -0.111. The lowest BCUT2D eigenvalue weighted by molar-refractivity contribution is -0.128. The standard InChI is InChI=1S/C22H23N5O2/c28-21-2-1-11-26(21)13-18-7-9-20(10-8-18)22(29)24-12-17-3-5-19(6-4-17)14-27-16-23-15-25-27/h3-10,15-16H,1-2,11-14H2,(H,24,29). The maximum atomic E-state index is 12.4. The Bertz CT molecular complexity index is 965. The number of aromatic nitrogens is 3. The zero-order chi connectivity index (χ0) is 20.1. The van der Waals surface area contributed by atoms with Gasteiger partial charge in [-0.15, -0.1) is 0 Å². The van der Waals surface area contributed by atoms with Gasteiger partial charge in [-0.3, -0.25) is 9.59 Å². The summed E-state index contributed by atoms with van der Waals surface area (Å²) in [5.74, 6) is 0.0969. The molecule has 148 valence electrons. The summed E-state index contributed by atoms with van der Waals surface area (Å²) in [5, 5.41) is 7.04. The second kappa shape index (κ2) is 8.68. The van der Waals surface area contributed by atoms with E-state index in [1.54, 1.807) is 11.0 Å². The first kappa shape index (κ1) is 18.9. The van der Waals surface area contributed by atoms with Gasteiger partial charge in [-0.05, 0) is 35.2 Å². The first-order valence-corrected chi connectivity index (χ1v) is 9.72. The Morgan fingerprint density at radius 2 is 1.66 bits per heavy atom. The molecule has 7 heteroatoms. The van der Waals surface area contributed by atoms with E-state index >= 15 is 0 Å². The van der Waals surface area contributed by atoms with E-state index in [-0.39, 0.29) is 11.8 Å². The van der Waals surface area contributed by atoms with Gasteiger partial charge in [0.1, 0.15) is 12.7 Å². The van der Waals surface area contributed by atoms with Gasteiger partial charge in [-0.2, -0.15) is 5.10 Å². The maximum Gasteiger partial charge on any atom is 0.251 e. The van der Waals surface area contributed by atoms with E-state index in [2.05, 4.69) is 15.4 Å². The molecule has 7 nitrogen and oxygen atoms in total. The number of carbonyl (C=O) groups excluding carboxylic acids is 2. The van der Waals surface area contributed by atoms with Crippen LogP contribution >= 0.6 is 0 Å². The number of hydrogen-bond acceptors (Lipinski definition) is 4. The molecule has 0 atom stereocenters. The molecule has 0 aliphatic carbocycles. The normalized spacial score (nSPS) is 13.7. The lowest BCUT2D eigenvalue weighted by Gasteiger charge is -2.15. The molecule has 0 radical (unpaired) electrons. The number of nitrogens with zero attached hydrogens (tertiary/aromatic N) is 4. The molecule has 2 heterocycles. The van der Waals surface area contributed by atoms with Gasteiger partial charge in [0, 0.05) is 31.6 Å². The number of nitrogens with one attached hydrogen (secondary N) is 1. The summed E-state index contributed by atoms with van der Waals surface area (Å²) in [5.41, 5.74) is 3.81. The third-order valence-corrected chi connectivity index (χ3v) is 5.05. The summed E-state index contributed by atoms with van der Waals surface area (Å²) in [6, 6.07) is 15.5. The molecule has 1 saturated heterocycles. The fraction of sp³-hybridized carbons (Fsp3) is 0.273. The zero-order valence-corrected chi connectivity index (χ0v) is 16.1. The number of benzene rings is 2. The Balaban J connectivity index is 1.28. The molecule has 2 aromatic carbocycles. The molecule has 3 aromatic rings. The van der Waals surface area contributed by atoms with E-state index < -0.39 is 0 Å². The summed E-state index contributed by atoms with van der Waals surface area (Å²) in [6.45, 7) is 2.56. The van der Waals surface area contributed by atoms with Crippen LogP contribution in [0.3, 0.4) is 0 Å². The second-order valence-corrected chi connectivity index (χ2v) is 7.21. The first-order valence-electron chi connectivity index (χ1n) is 9.72. The van der Waals surface area contributed by atoms with Gasteiger partial charge in [0.25, 0.3) is 5.91 Å². The van der Waals surface area contributed by atoms with Crippen LogP contribution in [-0.2, 0) is 24.4 Å². The molecule has 4 rings (SSSR count). The Morgan fingerprint density at radius 3 is 2.31 bits per heavy atom. The van der Waals surface area contributed by atoms with Crippen LogP contribution in [0.5, 0.6) is 0 Å². The Labute approximate surface area is 169 Å². The first-order chi connectivity index (χ1) is 14.2. The van der Waals surface area contributed by atoms with E-state index in [0.29, 0.717) is 31.6 Å². The Hall–Kier alpha value is -3.48. The van der Waals surface area contributed by atoms with Crippen LogP contribution in [0.1, 0.15) is 39.9 Å². The van der Waals surface area contributed by atoms with Crippen molar-refractivity contribution in [3.8, 4) is 0 Å². The minimum absolute atomic E-state index is 0.111. The predicted octanol–water partition coefficient (Wildman–Crippen LogP) is 2.38. The van der Waals surface area contributed by atoms with Crippen molar-refractivity contribution in [3.63, 3.8) is 0 Å². The van der Waals surface area contributed by atoms with Crippen LogP contribution in [0, 0.1) is 0 Å². The molecule has 0 saturated carbocycles. The SMILES string of the molecule is O=C(NCc1ccc(Cn2cncn2)cc1)c1ccc(CN2CCCC2=O)cc1. The van der Waals surface area contributed by atoms with Crippen LogP contribution in [0.2, 0.25) is 0 Å². The number of carbonyl (C=O) groups is 2. The molecular weight excluding hydrogens is 366 g/mol. The average molecular weight is 389 g/mol. The van der Waals surface area contributed by atoms with Gasteiger partial charge >= 0.3 is 0 Å². The lowest BCUT2D eigenvalue weighted by atomic mass is 10.1. The fourth-order valence-corrected chi connectivity index (χ4v) is 3.40. The van der Waals surface area contributed by atoms with E-state index in [9.17, 15) is 9.59 Å². The quantitative estimate of drug-likeness (QED) is 0.673. The molecule has 0 unspecified atom stereocenters. The molecule has 1 aliphatic rings. The summed E-state index contributed by atoms with van der Waals surface area (Å²) in [6.07, 6.45) is 4.77. The number of amides is 2. The molecular formula is C22H23N5O2. The Morgan fingerprint density at radius 1 is 0.966 bits per heavy atom. The molecule has 1 aliphatic heterocycles. The van der Waals surface area contributed by atoms with E-state index in [1.165, 1.54) is 6.33 Å². The third-order valence-electron chi connectivity index (χ3n) is 5.05. The van der Waals surface area contributed by atoms with Crippen molar-refractivity contribution in [1.29, 1.82) is 0 Å². The van der Waals surface area contributed by atoms with Crippen molar-refractivity contribution in [2.45, 2.75) is 32.5 Å². The summed E-state index contributed by atoms with van der Waals surface area (Å²) in [7, 11) is 0. The topological polar surface area (TPSA) is 80.1 Å². The van der Waals surface area contributed by atoms with E-state index in [1.807, 2.05) is 53.4 Å². The van der Waals surface area contributed by atoms with Gasteiger partial charge in [-0.25, -0.2) is 9.67 Å². The van der Waals surface area contributed by atoms with E-state index in [4.69, 9.17) is 0 Å². The summed E-state index contributed by atoms with van der Waals surface area (Å²) in [4.78, 5) is 29.9. The van der Waals surface area contributed by atoms with Crippen LogP contribution in [0.4, 0.5) is 0 Å². The Kier molecular flexibility index (Phi) is 5.65. The second-order valence-electron chi connectivity index (χ2n) is 7.21. The predicted molar refractivity (Wildman–Crippen MR) is 108 cm³/mol. The lowest BCUT2D eigenvalue weighted by Crippen LogP contribution is -2.24. The van der Waals surface area contributed by atoms with Gasteiger partial charge in [0.15, 0.2) is 0 Å². The maximum absolute atomic E-state index is 12.4. The van der Waals surface area contributed by atoms with Crippen molar-refractivity contribution in [2.24, 2.45) is 0 Å². The molecule has 0 bridgehead atoms. The van der Waals surface area contributed by atoms with Gasteiger partial charge < -0.3 is 10.2 Å². The molecule has 29 heavy (non-hydrogen) atoms. The number of rotatable bonds is 7. The van der Waals surface area contributed by atoms with Crippen molar-refractivity contribution in [1.82, 2.24) is 25.0 Å². The van der Waals surface area contributed by atoms with Crippen LogP contribution < -0.4 is 5.32 Å². The van der Waals surface area contributed by atoms with Crippen LogP contribution in [-0.4, -0.2) is 38.0 Å². The molecule has 0 spiro atoms. The van der Waals surface area contributed by atoms with Gasteiger partial charge in [-0.1, -0.05) is 36.4 Å². The van der Waals surface area contributed by atoms with Crippen molar-refractivity contribution < 1.29 is 9.59 Å². The van der Waals surface area contributed by atoms with E-state index in [0.717, 1.165) is 29.7 Å². The van der Waals surface area contributed by atoms with Crippen molar-refractivity contribution >= 4 is 11.8 Å². The highest BCUT2D eigenvalue weighted by atomic mass is 16.2. The van der Waals surface area contributed by atoms with Crippen molar-refractivity contribution in [3.05, 3.63) is 83.4 Å². The highest BCUT2D eigenvalue weighted by Crippen LogP contribution is 2.15. The zero-order valence-electron chi connectivity index (χ0n) is 16.1. The molecule has 1 aromatic heterocycles. The van der Waals surface area contributed by atoms with Gasteiger partial charge in [0.2, 0.25) is 5.91 Å². The largest absolute Gasteiger partial charge is 0.348 e. The fourth-order valence-electron chi connectivity index (χ4n) is 3.40. The number of hydrogen-bond donors (Lipinski definition) is 1. The summed E-state index contributed by atoms with van der Waals surface area (Å²) < 4.78 is 1.76. The smallest absolute Gasteiger partial charge is 0.251 e. The molecule has 2 amide bonds. The van der Waals surface area contributed by atoms with Crippen LogP contribution in [0.25, 0.3) is 0 Å².